The largest absolute Gasteiger partial charge is 0.341 e. The lowest BCUT2D eigenvalue weighted by Gasteiger charge is -2.30. The van der Waals surface area contributed by atoms with E-state index in [0.717, 1.165) is 18.4 Å². The molecule has 0 spiro atoms. The Bertz CT molecular complexity index is 1190. The third-order valence-electron chi connectivity index (χ3n) is 5.82. The minimum atomic E-state index is -0.479. The fraction of sp³-hybridized carbons (Fsp3) is 0.348. The lowest BCUT2D eigenvalue weighted by Crippen LogP contribution is -2.45. The Balaban J connectivity index is 1.75. The van der Waals surface area contributed by atoms with Gasteiger partial charge in [0.1, 0.15) is 6.54 Å². The molecule has 0 unspecified atom stereocenters. The number of piperidine rings is 1. The zero-order valence-electron chi connectivity index (χ0n) is 16.9. The average Bonchev–Trinajstić information content (AvgIpc) is 2.76. The van der Waals surface area contributed by atoms with Crippen molar-refractivity contribution in [2.45, 2.75) is 32.9 Å². The van der Waals surface area contributed by atoms with Crippen molar-refractivity contribution in [1.82, 2.24) is 14.0 Å². The minimum Gasteiger partial charge on any atom is -0.341 e. The van der Waals surface area contributed by atoms with Crippen LogP contribution in [-0.2, 0) is 17.9 Å². The number of carbonyl (C=O) groups excluding carboxylic acids is 1. The highest BCUT2D eigenvalue weighted by atomic mass is 35.5. The number of benzene rings is 2. The van der Waals surface area contributed by atoms with E-state index in [1.54, 1.807) is 48.5 Å². The smallest absolute Gasteiger partial charge is 0.332 e. The Labute approximate surface area is 179 Å². The summed E-state index contributed by atoms with van der Waals surface area (Å²) in [7, 11) is 0. The molecular weight excluding hydrogens is 402 g/mol. The van der Waals surface area contributed by atoms with E-state index in [1.807, 2.05) is 4.90 Å². The molecule has 0 radical (unpaired) electrons. The summed E-state index contributed by atoms with van der Waals surface area (Å²) >= 11 is 5.94. The highest BCUT2D eigenvalue weighted by molar-refractivity contribution is 6.30. The van der Waals surface area contributed by atoms with E-state index < -0.39 is 5.69 Å². The molecule has 0 saturated carbocycles. The zero-order chi connectivity index (χ0) is 21.3. The fourth-order valence-electron chi connectivity index (χ4n) is 3.93. The molecule has 1 amide bonds. The van der Waals surface area contributed by atoms with Gasteiger partial charge in [0, 0.05) is 18.1 Å². The van der Waals surface area contributed by atoms with Crippen molar-refractivity contribution in [3.05, 3.63) is 80.0 Å². The van der Waals surface area contributed by atoms with Crippen LogP contribution >= 0.6 is 11.6 Å². The predicted molar refractivity (Wildman–Crippen MR) is 118 cm³/mol. The average molecular weight is 426 g/mol. The molecule has 0 aliphatic carbocycles. The minimum absolute atomic E-state index is 0.0748. The Morgan fingerprint density at radius 3 is 2.37 bits per heavy atom. The van der Waals surface area contributed by atoms with Crippen LogP contribution in [0, 0.1) is 5.92 Å². The molecule has 1 aliphatic rings. The van der Waals surface area contributed by atoms with Crippen molar-refractivity contribution < 1.29 is 4.79 Å². The SMILES string of the molecule is CC1CCN(C(=O)Cn2c(=O)n(Cc3ccc(Cl)cc3)c(=O)c3ccccc32)CC1. The number of likely N-dealkylation sites (tertiary alicyclic amines) is 1. The van der Waals surface area contributed by atoms with Crippen LogP contribution in [-0.4, -0.2) is 33.0 Å². The maximum atomic E-state index is 13.3. The molecule has 6 nitrogen and oxygen atoms in total. The summed E-state index contributed by atoms with van der Waals surface area (Å²) in [6, 6.07) is 14.0. The number of carbonyl (C=O) groups is 1. The van der Waals surface area contributed by atoms with Crippen LogP contribution in [0.4, 0.5) is 0 Å². The van der Waals surface area contributed by atoms with Crippen molar-refractivity contribution in [3.63, 3.8) is 0 Å². The predicted octanol–water partition coefficient (Wildman–Crippen LogP) is 3.12. The number of rotatable bonds is 4. The summed E-state index contributed by atoms with van der Waals surface area (Å²) in [5.74, 6) is 0.518. The molecular formula is C23H24ClN3O3. The van der Waals surface area contributed by atoms with Crippen LogP contribution in [0.5, 0.6) is 0 Å². The quantitative estimate of drug-likeness (QED) is 0.645. The molecule has 1 fully saturated rings. The highest BCUT2D eigenvalue weighted by Crippen LogP contribution is 2.17. The molecule has 2 heterocycles. The van der Waals surface area contributed by atoms with E-state index >= 15 is 0 Å². The second kappa shape index (κ2) is 8.48. The normalized spacial score (nSPS) is 14.9. The van der Waals surface area contributed by atoms with Gasteiger partial charge in [-0.25, -0.2) is 4.79 Å². The molecule has 30 heavy (non-hydrogen) atoms. The fourth-order valence-corrected chi connectivity index (χ4v) is 4.05. The lowest BCUT2D eigenvalue weighted by molar-refractivity contribution is -0.133. The first kappa shape index (κ1) is 20.4. The summed E-state index contributed by atoms with van der Waals surface area (Å²) in [6.45, 7) is 3.64. The van der Waals surface area contributed by atoms with Gasteiger partial charge in [0.05, 0.1) is 17.4 Å². The van der Waals surface area contributed by atoms with Crippen LogP contribution in [0.1, 0.15) is 25.3 Å². The first-order valence-corrected chi connectivity index (χ1v) is 10.6. The number of aromatic nitrogens is 2. The van der Waals surface area contributed by atoms with Gasteiger partial charge >= 0.3 is 5.69 Å². The highest BCUT2D eigenvalue weighted by Gasteiger charge is 2.22. The molecule has 4 rings (SSSR count). The van der Waals surface area contributed by atoms with Gasteiger partial charge in [-0.05, 0) is 48.6 Å². The number of hydrogen-bond donors (Lipinski definition) is 0. The van der Waals surface area contributed by atoms with Crippen molar-refractivity contribution in [2.24, 2.45) is 5.92 Å². The maximum absolute atomic E-state index is 13.3. The number of nitrogens with zero attached hydrogens (tertiary/aromatic N) is 3. The monoisotopic (exact) mass is 425 g/mol. The molecule has 156 valence electrons. The first-order valence-electron chi connectivity index (χ1n) is 10.2. The van der Waals surface area contributed by atoms with Crippen LogP contribution < -0.4 is 11.2 Å². The van der Waals surface area contributed by atoms with E-state index in [1.165, 1.54) is 9.13 Å². The van der Waals surface area contributed by atoms with Gasteiger partial charge in [0.15, 0.2) is 0 Å². The van der Waals surface area contributed by atoms with Gasteiger partial charge in [-0.3, -0.25) is 18.7 Å². The summed E-state index contributed by atoms with van der Waals surface area (Å²) < 4.78 is 2.62. The van der Waals surface area contributed by atoms with Crippen LogP contribution in [0.3, 0.4) is 0 Å². The molecule has 3 aromatic rings. The summed E-state index contributed by atoms with van der Waals surface area (Å²) in [6.07, 6.45) is 1.94. The van der Waals surface area contributed by atoms with Gasteiger partial charge in [-0.15, -0.1) is 0 Å². The summed E-state index contributed by atoms with van der Waals surface area (Å²) in [5.41, 5.74) is 0.434. The standard InChI is InChI=1S/C23H24ClN3O3/c1-16-10-12-25(13-11-16)21(28)15-26-20-5-3-2-4-19(20)22(29)27(23(26)30)14-17-6-8-18(24)9-7-17/h2-9,16H,10-15H2,1H3. The third kappa shape index (κ3) is 4.05. The summed E-state index contributed by atoms with van der Waals surface area (Å²) in [4.78, 5) is 41.0. The van der Waals surface area contributed by atoms with E-state index in [-0.39, 0.29) is 24.6 Å². The molecule has 1 aromatic heterocycles. The Morgan fingerprint density at radius 1 is 1.00 bits per heavy atom. The Hall–Kier alpha value is -2.86. The molecule has 0 atom stereocenters. The number of fused-ring (bicyclic) bond motifs is 1. The van der Waals surface area contributed by atoms with Gasteiger partial charge in [-0.1, -0.05) is 42.8 Å². The lowest BCUT2D eigenvalue weighted by atomic mass is 9.99. The Kier molecular flexibility index (Phi) is 5.77. The molecule has 1 aliphatic heterocycles. The van der Waals surface area contributed by atoms with Crippen molar-refractivity contribution in [2.75, 3.05) is 13.1 Å². The third-order valence-corrected chi connectivity index (χ3v) is 6.07. The molecule has 2 aromatic carbocycles. The molecule has 1 saturated heterocycles. The first-order chi connectivity index (χ1) is 14.4. The van der Waals surface area contributed by atoms with E-state index in [9.17, 15) is 14.4 Å². The van der Waals surface area contributed by atoms with Crippen molar-refractivity contribution in [1.29, 1.82) is 0 Å². The number of hydrogen-bond acceptors (Lipinski definition) is 3. The zero-order valence-corrected chi connectivity index (χ0v) is 17.6. The Morgan fingerprint density at radius 2 is 1.67 bits per heavy atom. The van der Waals surface area contributed by atoms with Gasteiger partial charge in [0.25, 0.3) is 5.56 Å². The van der Waals surface area contributed by atoms with Crippen molar-refractivity contribution in [3.8, 4) is 0 Å². The molecule has 0 bridgehead atoms. The van der Waals surface area contributed by atoms with Crippen LogP contribution in [0.15, 0.2) is 58.1 Å². The number of para-hydroxylation sites is 1. The van der Waals surface area contributed by atoms with Crippen LogP contribution in [0.2, 0.25) is 5.02 Å². The summed E-state index contributed by atoms with van der Waals surface area (Å²) in [5, 5.41) is 1.01. The van der Waals surface area contributed by atoms with Gasteiger partial charge in [-0.2, -0.15) is 0 Å². The van der Waals surface area contributed by atoms with Crippen LogP contribution in [0.25, 0.3) is 10.9 Å². The van der Waals surface area contributed by atoms with Gasteiger partial charge < -0.3 is 4.90 Å². The number of amides is 1. The number of halogens is 1. The topological polar surface area (TPSA) is 64.3 Å². The van der Waals surface area contributed by atoms with E-state index in [2.05, 4.69) is 6.92 Å². The molecule has 0 N–H and O–H groups in total. The van der Waals surface area contributed by atoms with Crippen molar-refractivity contribution >= 4 is 28.4 Å². The second-order valence-electron chi connectivity index (χ2n) is 7.97. The van der Waals surface area contributed by atoms with Gasteiger partial charge in [0.2, 0.25) is 5.91 Å². The second-order valence-corrected chi connectivity index (χ2v) is 8.40. The van der Waals surface area contributed by atoms with E-state index in [0.29, 0.717) is 34.9 Å². The van der Waals surface area contributed by atoms with E-state index in [4.69, 9.17) is 11.6 Å². The molecule has 7 heteroatoms. The maximum Gasteiger partial charge on any atom is 0.332 e.